The zero-order valence-corrected chi connectivity index (χ0v) is 10.5. The number of nitrogens with one attached hydrogen (secondary N) is 1. The molecule has 0 aliphatic heterocycles. The zero-order chi connectivity index (χ0) is 13.0. The number of amides is 2. The third-order valence-corrected chi connectivity index (χ3v) is 2.53. The van der Waals surface area contributed by atoms with Gasteiger partial charge in [-0.2, -0.15) is 0 Å². The molecule has 92 valence electrons. The monoisotopic (exact) mass is 302 g/mol. The topological polar surface area (TPSA) is 102 Å². The maximum absolute atomic E-state index is 11.1. The van der Waals surface area contributed by atoms with Crippen molar-refractivity contribution in [1.29, 1.82) is 0 Å². The molecule has 1 aromatic rings. The molecule has 1 atom stereocenters. The molecule has 1 unspecified atom stereocenters. The first-order valence-electron chi connectivity index (χ1n) is 4.58. The van der Waals surface area contributed by atoms with E-state index in [1.807, 2.05) is 0 Å². The van der Waals surface area contributed by atoms with Gasteiger partial charge < -0.3 is 20.9 Å². The quantitative estimate of drug-likeness (QED) is 0.779. The Balaban J connectivity index is 3.20. The number of carbonyl (C=O) groups is 2. The molecule has 0 spiro atoms. The Morgan fingerprint density at radius 1 is 1.53 bits per heavy atom. The van der Waals surface area contributed by atoms with Crippen molar-refractivity contribution in [1.82, 2.24) is 5.32 Å². The van der Waals surface area contributed by atoms with E-state index < -0.39 is 18.0 Å². The molecule has 0 radical (unpaired) electrons. The van der Waals surface area contributed by atoms with Crippen LogP contribution in [0, 0.1) is 0 Å². The largest absolute Gasteiger partial charge is 0.496 e. The SMILES string of the molecule is COc1ccc(Br)cc1C(NC(N)=O)C(=O)O. The normalized spacial score (nSPS) is 11.6. The van der Waals surface area contributed by atoms with Gasteiger partial charge in [-0.15, -0.1) is 0 Å². The van der Waals surface area contributed by atoms with Crippen LogP contribution in [0.15, 0.2) is 22.7 Å². The van der Waals surface area contributed by atoms with E-state index >= 15 is 0 Å². The van der Waals surface area contributed by atoms with E-state index in [2.05, 4.69) is 21.2 Å². The number of urea groups is 1. The maximum atomic E-state index is 11.1. The average Bonchev–Trinajstić information content (AvgIpc) is 2.25. The van der Waals surface area contributed by atoms with E-state index in [0.717, 1.165) is 0 Å². The molecule has 6 nitrogen and oxygen atoms in total. The van der Waals surface area contributed by atoms with Crippen molar-refractivity contribution in [3.63, 3.8) is 0 Å². The molecule has 17 heavy (non-hydrogen) atoms. The minimum atomic E-state index is -1.25. The lowest BCUT2D eigenvalue weighted by molar-refractivity contribution is -0.139. The standard InChI is InChI=1S/C10H11BrN2O4/c1-17-7-3-2-5(11)4-6(7)8(9(14)15)13-10(12)16/h2-4,8H,1H3,(H,14,15)(H3,12,13,16). The number of nitrogens with two attached hydrogens (primary N) is 1. The van der Waals surface area contributed by atoms with Gasteiger partial charge in [-0.25, -0.2) is 9.59 Å². The van der Waals surface area contributed by atoms with Gasteiger partial charge in [-0.3, -0.25) is 0 Å². The summed E-state index contributed by atoms with van der Waals surface area (Å²) in [5.74, 6) is -0.866. The second kappa shape index (κ2) is 5.53. The summed E-state index contributed by atoms with van der Waals surface area (Å²) in [6, 6.07) is 2.68. The highest BCUT2D eigenvalue weighted by atomic mass is 79.9. The van der Waals surface area contributed by atoms with Gasteiger partial charge in [0, 0.05) is 10.0 Å². The molecule has 0 aromatic heterocycles. The smallest absolute Gasteiger partial charge is 0.331 e. The second-order valence-corrected chi connectivity index (χ2v) is 4.08. The molecular weight excluding hydrogens is 292 g/mol. The Kier molecular flexibility index (Phi) is 4.33. The second-order valence-electron chi connectivity index (χ2n) is 3.17. The van der Waals surface area contributed by atoms with Crippen molar-refractivity contribution in [2.45, 2.75) is 6.04 Å². The fraction of sp³-hybridized carbons (Fsp3) is 0.200. The summed E-state index contributed by atoms with van der Waals surface area (Å²) in [4.78, 5) is 21.8. The van der Waals surface area contributed by atoms with E-state index in [0.29, 0.717) is 15.8 Å². The van der Waals surface area contributed by atoms with Gasteiger partial charge in [-0.05, 0) is 18.2 Å². The predicted molar refractivity (Wildman–Crippen MR) is 63.8 cm³/mol. The molecule has 0 saturated carbocycles. The van der Waals surface area contributed by atoms with Crippen molar-refractivity contribution in [3.05, 3.63) is 28.2 Å². The number of ether oxygens (including phenoxy) is 1. The first-order valence-corrected chi connectivity index (χ1v) is 5.37. The molecule has 2 amide bonds. The highest BCUT2D eigenvalue weighted by Crippen LogP contribution is 2.28. The van der Waals surface area contributed by atoms with Crippen LogP contribution in [0.25, 0.3) is 0 Å². The van der Waals surface area contributed by atoms with E-state index in [9.17, 15) is 9.59 Å². The molecule has 0 aliphatic carbocycles. The Labute approximate surface area is 106 Å². The minimum absolute atomic E-state index is 0.313. The van der Waals surface area contributed by atoms with Crippen LogP contribution in [0.3, 0.4) is 0 Å². The number of rotatable bonds is 4. The van der Waals surface area contributed by atoms with E-state index in [1.165, 1.54) is 7.11 Å². The average molecular weight is 303 g/mol. The summed E-state index contributed by atoms with van der Waals surface area (Å²) in [7, 11) is 1.41. The van der Waals surface area contributed by atoms with Crippen LogP contribution in [-0.2, 0) is 4.79 Å². The molecule has 1 rings (SSSR count). The van der Waals surface area contributed by atoms with Gasteiger partial charge in [0.05, 0.1) is 7.11 Å². The third kappa shape index (κ3) is 3.35. The molecule has 0 fully saturated rings. The molecule has 1 aromatic carbocycles. The number of primary amides is 1. The maximum Gasteiger partial charge on any atom is 0.331 e. The van der Waals surface area contributed by atoms with Crippen LogP contribution < -0.4 is 15.8 Å². The van der Waals surface area contributed by atoms with Crippen LogP contribution in [0.4, 0.5) is 4.79 Å². The van der Waals surface area contributed by atoms with Crippen LogP contribution >= 0.6 is 15.9 Å². The molecule has 0 saturated heterocycles. The molecular formula is C10H11BrN2O4. The Hall–Kier alpha value is -1.76. The van der Waals surface area contributed by atoms with Crippen LogP contribution in [0.1, 0.15) is 11.6 Å². The number of hydrogen-bond donors (Lipinski definition) is 3. The Morgan fingerprint density at radius 3 is 2.65 bits per heavy atom. The van der Waals surface area contributed by atoms with Gasteiger partial charge in [-0.1, -0.05) is 15.9 Å². The number of carboxylic acids is 1. The minimum Gasteiger partial charge on any atom is -0.496 e. The third-order valence-electron chi connectivity index (χ3n) is 2.04. The van der Waals surface area contributed by atoms with Crippen LogP contribution in [0.2, 0.25) is 0 Å². The van der Waals surface area contributed by atoms with Crippen molar-refractivity contribution >= 4 is 27.9 Å². The van der Waals surface area contributed by atoms with E-state index in [4.69, 9.17) is 15.6 Å². The number of carbonyl (C=O) groups excluding carboxylic acids is 1. The van der Waals surface area contributed by atoms with Crippen LogP contribution in [0.5, 0.6) is 5.75 Å². The summed E-state index contributed by atoms with van der Waals surface area (Å²) in [5, 5.41) is 11.2. The number of hydrogen-bond acceptors (Lipinski definition) is 3. The van der Waals surface area contributed by atoms with Gasteiger partial charge in [0.15, 0.2) is 6.04 Å². The van der Waals surface area contributed by atoms with Crippen LogP contribution in [-0.4, -0.2) is 24.2 Å². The number of methoxy groups -OCH3 is 1. The lowest BCUT2D eigenvalue weighted by Gasteiger charge is -2.16. The van der Waals surface area contributed by atoms with Gasteiger partial charge >= 0.3 is 12.0 Å². The molecule has 0 bridgehead atoms. The highest BCUT2D eigenvalue weighted by molar-refractivity contribution is 9.10. The zero-order valence-electron chi connectivity index (χ0n) is 8.94. The first kappa shape index (κ1) is 13.3. The summed E-state index contributed by atoms with van der Waals surface area (Å²) < 4.78 is 5.71. The Bertz CT molecular complexity index is 450. The summed E-state index contributed by atoms with van der Waals surface area (Å²) in [5.41, 5.74) is 5.25. The number of halogens is 1. The summed E-state index contributed by atoms with van der Waals surface area (Å²) >= 11 is 3.22. The summed E-state index contributed by atoms with van der Waals surface area (Å²) in [6.07, 6.45) is 0. The molecule has 7 heteroatoms. The Morgan fingerprint density at radius 2 is 2.18 bits per heavy atom. The van der Waals surface area contributed by atoms with E-state index in [-0.39, 0.29) is 0 Å². The predicted octanol–water partition coefficient (Wildman–Crippen LogP) is 1.25. The van der Waals surface area contributed by atoms with Gasteiger partial charge in [0.25, 0.3) is 0 Å². The fourth-order valence-corrected chi connectivity index (χ4v) is 1.72. The van der Waals surface area contributed by atoms with Crippen molar-refractivity contribution in [2.75, 3.05) is 7.11 Å². The van der Waals surface area contributed by atoms with Gasteiger partial charge in [0.2, 0.25) is 0 Å². The highest BCUT2D eigenvalue weighted by Gasteiger charge is 2.24. The van der Waals surface area contributed by atoms with E-state index in [1.54, 1.807) is 18.2 Å². The fourth-order valence-electron chi connectivity index (χ4n) is 1.35. The molecule has 0 heterocycles. The molecule has 4 N–H and O–H groups in total. The summed E-state index contributed by atoms with van der Waals surface area (Å²) in [6.45, 7) is 0. The number of carboxylic acid groups (broad SMARTS) is 1. The van der Waals surface area contributed by atoms with Crippen molar-refractivity contribution in [3.8, 4) is 5.75 Å². The van der Waals surface area contributed by atoms with Crippen molar-refractivity contribution < 1.29 is 19.4 Å². The first-order chi connectivity index (χ1) is 7.95. The van der Waals surface area contributed by atoms with Gasteiger partial charge in [0.1, 0.15) is 5.75 Å². The number of aliphatic carboxylic acids is 1. The molecule has 0 aliphatic rings. The lowest BCUT2D eigenvalue weighted by atomic mass is 10.1. The van der Waals surface area contributed by atoms with Crippen molar-refractivity contribution in [2.24, 2.45) is 5.73 Å². The number of benzene rings is 1. The lowest BCUT2D eigenvalue weighted by Crippen LogP contribution is -2.37.